The molecule has 0 amide bonds. The van der Waals surface area contributed by atoms with Crippen molar-refractivity contribution in [3.63, 3.8) is 0 Å². The molecule has 102 valence electrons. The van der Waals surface area contributed by atoms with Crippen molar-refractivity contribution < 1.29 is 39.2 Å². The third-order valence-electron chi connectivity index (χ3n) is 2.02. The minimum atomic E-state index is -6.53. The minimum Gasteiger partial charge on any atom is -0.214 e. The van der Waals surface area contributed by atoms with E-state index in [4.69, 9.17) is 0 Å². The lowest BCUT2D eigenvalue weighted by atomic mass is 10.2. The molecule has 0 radical (unpaired) electrons. The fraction of sp³-hybridized carbons (Fsp3) is 0.250. The van der Waals surface area contributed by atoms with Gasteiger partial charge in [-0.25, -0.2) is 26.0 Å². The van der Waals surface area contributed by atoms with Crippen molar-refractivity contribution in [2.24, 2.45) is 0 Å². The summed E-state index contributed by atoms with van der Waals surface area (Å²) in [7, 11) is -6.53. The van der Waals surface area contributed by atoms with Gasteiger partial charge in [0.2, 0.25) is 0 Å². The molecule has 0 bridgehead atoms. The largest absolute Gasteiger partial charge is 0.502 e. The number of alkyl halides is 3. The van der Waals surface area contributed by atoms with E-state index in [1.807, 2.05) is 0 Å². The third kappa shape index (κ3) is 1.93. The normalized spacial score (nSPS) is 12.9. The Labute approximate surface area is 95.9 Å². The van der Waals surface area contributed by atoms with Crippen molar-refractivity contribution in [2.75, 3.05) is 0 Å². The highest BCUT2D eigenvalue weighted by Crippen LogP contribution is 2.35. The van der Waals surface area contributed by atoms with Crippen LogP contribution in [-0.2, 0) is 9.84 Å². The number of rotatable bonds is 1. The Morgan fingerprint density at radius 2 is 1.17 bits per heavy atom. The van der Waals surface area contributed by atoms with Gasteiger partial charge in [-0.3, -0.25) is 0 Å². The Hall–Kier alpha value is -1.32. The third-order valence-corrected chi connectivity index (χ3v) is 3.52. The van der Waals surface area contributed by atoms with Crippen LogP contribution in [0.3, 0.4) is 0 Å². The first kappa shape index (κ1) is 14.7. The van der Waals surface area contributed by atoms with E-state index in [9.17, 15) is 39.2 Å². The number of halogens is 7. The zero-order chi connectivity index (χ0) is 14.5. The van der Waals surface area contributed by atoms with Crippen molar-refractivity contribution in [3.05, 3.63) is 28.8 Å². The SMILES string of the molecule is Cc1c(F)c(F)c(S(=O)(=O)C(F)(F)F)c(F)c1F. The Morgan fingerprint density at radius 3 is 1.44 bits per heavy atom. The van der Waals surface area contributed by atoms with Gasteiger partial charge in [0.25, 0.3) is 9.84 Å². The molecule has 0 aliphatic rings. The molecule has 0 aliphatic heterocycles. The smallest absolute Gasteiger partial charge is 0.214 e. The summed E-state index contributed by atoms with van der Waals surface area (Å²) in [6.45, 7) is 0.542. The van der Waals surface area contributed by atoms with Crippen LogP contribution in [0, 0.1) is 30.2 Å². The molecule has 0 unspecified atom stereocenters. The van der Waals surface area contributed by atoms with Crippen LogP contribution in [0.4, 0.5) is 30.7 Å². The molecule has 2 nitrogen and oxygen atoms in total. The van der Waals surface area contributed by atoms with Gasteiger partial charge in [0.15, 0.2) is 28.2 Å². The van der Waals surface area contributed by atoms with Gasteiger partial charge in [-0.05, 0) is 6.92 Å². The molecule has 0 saturated heterocycles. The number of hydrogen-bond acceptors (Lipinski definition) is 2. The predicted molar refractivity (Wildman–Crippen MR) is 44.3 cm³/mol. The van der Waals surface area contributed by atoms with Crippen molar-refractivity contribution in [3.8, 4) is 0 Å². The van der Waals surface area contributed by atoms with E-state index in [0.29, 0.717) is 6.92 Å². The fourth-order valence-electron chi connectivity index (χ4n) is 1.07. The molecule has 18 heavy (non-hydrogen) atoms. The van der Waals surface area contributed by atoms with Crippen molar-refractivity contribution in [2.45, 2.75) is 17.3 Å². The molecule has 10 heteroatoms. The minimum absolute atomic E-state index is 0.542. The van der Waals surface area contributed by atoms with E-state index in [2.05, 4.69) is 0 Å². The lowest BCUT2D eigenvalue weighted by Crippen LogP contribution is -2.26. The molecule has 0 N–H and O–H groups in total. The monoisotopic (exact) mass is 296 g/mol. The molecular weight excluding hydrogens is 293 g/mol. The van der Waals surface area contributed by atoms with E-state index < -0.39 is 49.1 Å². The van der Waals surface area contributed by atoms with Gasteiger partial charge < -0.3 is 0 Å². The van der Waals surface area contributed by atoms with Crippen LogP contribution in [0.15, 0.2) is 4.90 Å². The molecular formula is C8H3F7O2S. The summed E-state index contributed by atoms with van der Waals surface area (Å²) in [4.78, 5) is -2.68. The number of sulfone groups is 1. The maximum Gasteiger partial charge on any atom is 0.502 e. The van der Waals surface area contributed by atoms with Crippen LogP contribution in [0.5, 0.6) is 0 Å². The first-order valence-corrected chi connectivity index (χ1v) is 5.55. The van der Waals surface area contributed by atoms with Crippen molar-refractivity contribution in [1.82, 2.24) is 0 Å². The molecule has 0 aliphatic carbocycles. The quantitative estimate of drug-likeness (QED) is 0.590. The summed E-state index contributed by atoms with van der Waals surface area (Å²) in [6.07, 6.45) is 0. The van der Waals surface area contributed by atoms with Crippen LogP contribution in [0.1, 0.15) is 5.56 Å². The van der Waals surface area contributed by atoms with Gasteiger partial charge in [0.1, 0.15) is 0 Å². The number of hydrogen-bond donors (Lipinski definition) is 0. The fourth-order valence-corrected chi connectivity index (χ4v) is 1.96. The first-order chi connectivity index (χ1) is 7.93. The van der Waals surface area contributed by atoms with Gasteiger partial charge in [-0.1, -0.05) is 0 Å². The molecule has 0 aromatic heterocycles. The highest BCUT2D eigenvalue weighted by molar-refractivity contribution is 7.92. The van der Waals surface area contributed by atoms with Crippen LogP contribution in [0.25, 0.3) is 0 Å². The van der Waals surface area contributed by atoms with Crippen LogP contribution < -0.4 is 0 Å². The molecule has 1 rings (SSSR count). The van der Waals surface area contributed by atoms with E-state index in [-0.39, 0.29) is 0 Å². The second kappa shape index (κ2) is 4.11. The Balaban J connectivity index is 3.85. The standard InChI is InChI=1S/C8H3F7O2S/c1-2-3(9)5(11)7(6(12)4(2)10)18(16,17)8(13,14)15/h1H3. The molecule has 0 spiro atoms. The zero-order valence-electron chi connectivity index (χ0n) is 8.37. The number of benzene rings is 1. The second-order valence-electron chi connectivity index (χ2n) is 3.16. The maximum atomic E-state index is 13.1. The molecule has 0 fully saturated rings. The molecule has 1 aromatic carbocycles. The second-order valence-corrected chi connectivity index (χ2v) is 5.04. The lowest BCUT2D eigenvalue weighted by molar-refractivity contribution is -0.0440. The molecule has 0 heterocycles. The summed E-state index contributed by atoms with van der Waals surface area (Å²) in [5.74, 6) is -9.61. The zero-order valence-corrected chi connectivity index (χ0v) is 9.19. The molecule has 0 atom stereocenters. The van der Waals surface area contributed by atoms with E-state index in [0.717, 1.165) is 0 Å². The van der Waals surface area contributed by atoms with Gasteiger partial charge in [-0.15, -0.1) is 0 Å². The average Bonchev–Trinajstić information content (AvgIpc) is 2.22. The van der Waals surface area contributed by atoms with Gasteiger partial charge in [0.05, 0.1) is 0 Å². The predicted octanol–water partition coefficient (Wildman–Crippen LogP) is 2.84. The van der Waals surface area contributed by atoms with E-state index in [1.54, 1.807) is 0 Å². The summed E-state index contributed by atoms with van der Waals surface area (Å²) < 4.78 is 110. The summed E-state index contributed by atoms with van der Waals surface area (Å²) >= 11 is 0. The molecule has 0 saturated carbocycles. The average molecular weight is 296 g/mol. The van der Waals surface area contributed by atoms with Gasteiger partial charge in [-0.2, -0.15) is 13.2 Å². The Morgan fingerprint density at radius 1 is 0.833 bits per heavy atom. The van der Waals surface area contributed by atoms with Crippen LogP contribution in [0.2, 0.25) is 0 Å². The van der Waals surface area contributed by atoms with E-state index >= 15 is 0 Å². The van der Waals surface area contributed by atoms with Crippen LogP contribution >= 0.6 is 0 Å². The highest BCUT2D eigenvalue weighted by Gasteiger charge is 2.51. The summed E-state index contributed by atoms with van der Waals surface area (Å²) in [5, 5.41) is 0. The highest BCUT2D eigenvalue weighted by atomic mass is 32.2. The lowest BCUT2D eigenvalue weighted by Gasteiger charge is -2.12. The summed E-state index contributed by atoms with van der Waals surface area (Å²) in [5.41, 5.74) is -7.34. The van der Waals surface area contributed by atoms with E-state index in [1.165, 1.54) is 0 Å². The Kier molecular flexibility index (Phi) is 3.36. The topological polar surface area (TPSA) is 34.1 Å². The van der Waals surface area contributed by atoms with Crippen LogP contribution in [-0.4, -0.2) is 13.9 Å². The van der Waals surface area contributed by atoms with Crippen molar-refractivity contribution in [1.29, 1.82) is 0 Å². The first-order valence-electron chi connectivity index (χ1n) is 4.06. The maximum absolute atomic E-state index is 13.1. The summed E-state index contributed by atoms with van der Waals surface area (Å²) in [6, 6.07) is 0. The Bertz CT molecular complexity index is 574. The molecule has 1 aromatic rings. The van der Waals surface area contributed by atoms with Crippen molar-refractivity contribution >= 4 is 9.84 Å². The van der Waals surface area contributed by atoms with Gasteiger partial charge in [0, 0.05) is 5.56 Å². The van der Waals surface area contributed by atoms with Gasteiger partial charge >= 0.3 is 5.51 Å².